The predicted octanol–water partition coefficient (Wildman–Crippen LogP) is 2.31. The van der Waals surface area contributed by atoms with Gasteiger partial charge in [0.1, 0.15) is 0 Å². The molecule has 0 aliphatic heterocycles. The van der Waals surface area contributed by atoms with Crippen LogP contribution < -0.4 is 5.32 Å². The van der Waals surface area contributed by atoms with Gasteiger partial charge in [0.05, 0.1) is 11.4 Å². The van der Waals surface area contributed by atoms with Crippen LogP contribution in [0.1, 0.15) is 38.1 Å². The van der Waals surface area contributed by atoms with Crippen LogP contribution in [0.5, 0.6) is 0 Å². The molecule has 1 aromatic rings. The third-order valence-corrected chi connectivity index (χ3v) is 2.73. The van der Waals surface area contributed by atoms with E-state index in [1.54, 1.807) is 0 Å². The molecule has 0 aliphatic rings. The Balaban J connectivity index is 2.28. The molecule has 0 atom stereocenters. The number of nitrogens with zero attached hydrogens (tertiary/aromatic N) is 2. The molecule has 0 radical (unpaired) electrons. The maximum atomic E-state index is 4.30. The monoisotopic (exact) mass is 207 g/mol. The first-order chi connectivity index (χ1) is 7.26. The minimum atomic E-state index is 0.781. The van der Waals surface area contributed by atoms with Gasteiger partial charge in [-0.1, -0.05) is 26.7 Å². The summed E-state index contributed by atoms with van der Waals surface area (Å²) in [5.41, 5.74) is 1.99. The summed E-state index contributed by atoms with van der Waals surface area (Å²) in [4.78, 5) is 8.52. The molecule has 1 rings (SSSR count). The molecule has 1 aromatic heterocycles. The Morgan fingerprint density at radius 2 is 1.93 bits per heavy atom. The van der Waals surface area contributed by atoms with Crippen LogP contribution in [0.25, 0.3) is 0 Å². The number of hydrogen-bond donors (Lipinski definition) is 1. The van der Waals surface area contributed by atoms with Gasteiger partial charge in [-0.3, -0.25) is 9.97 Å². The van der Waals surface area contributed by atoms with Gasteiger partial charge in [-0.25, -0.2) is 0 Å². The summed E-state index contributed by atoms with van der Waals surface area (Å²) >= 11 is 0. The van der Waals surface area contributed by atoms with Crippen molar-refractivity contribution in [2.45, 2.75) is 40.2 Å². The Morgan fingerprint density at radius 1 is 1.20 bits per heavy atom. The van der Waals surface area contributed by atoms with Crippen molar-refractivity contribution in [1.29, 1.82) is 0 Å². The highest BCUT2D eigenvalue weighted by Gasteiger charge is 2.02. The zero-order valence-electron chi connectivity index (χ0n) is 9.95. The largest absolute Gasteiger partial charge is 0.311 e. The fourth-order valence-corrected chi connectivity index (χ4v) is 1.49. The summed E-state index contributed by atoms with van der Waals surface area (Å²) in [5.74, 6) is 0.781. The van der Waals surface area contributed by atoms with E-state index in [-0.39, 0.29) is 0 Å². The van der Waals surface area contributed by atoms with Crippen molar-refractivity contribution in [2.75, 3.05) is 6.54 Å². The lowest BCUT2D eigenvalue weighted by atomic mass is 10.0. The molecule has 0 saturated carbocycles. The van der Waals surface area contributed by atoms with Crippen molar-refractivity contribution in [3.05, 3.63) is 23.8 Å². The summed E-state index contributed by atoms with van der Waals surface area (Å²) < 4.78 is 0. The Bertz CT molecular complexity index is 265. The second kappa shape index (κ2) is 6.51. The molecule has 84 valence electrons. The molecule has 15 heavy (non-hydrogen) atoms. The van der Waals surface area contributed by atoms with Crippen molar-refractivity contribution >= 4 is 0 Å². The average Bonchev–Trinajstić information content (AvgIpc) is 2.27. The Hall–Kier alpha value is -0.960. The maximum Gasteiger partial charge on any atom is 0.0724 e. The second-order valence-electron chi connectivity index (χ2n) is 3.96. The molecule has 0 aliphatic carbocycles. The normalized spacial score (nSPS) is 10.9. The average molecular weight is 207 g/mol. The van der Waals surface area contributed by atoms with Crippen LogP contribution in [0.2, 0.25) is 0 Å². The molecule has 0 aromatic carbocycles. The third kappa shape index (κ3) is 4.38. The van der Waals surface area contributed by atoms with Gasteiger partial charge in [0.25, 0.3) is 0 Å². The molecular weight excluding hydrogens is 186 g/mol. The van der Waals surface area contributed by atoms with Crippen molar-refractivity contribution in [3.8, 4) is 0 Å². The van der Waals surface area contributed by atoms with E-state index in [1.165, 1.54) is 12.8 Å². The lowest BCUT2D eigenvalue weighted by molar-refractivity contribution is 0.447. The van der Waals surface area contributed by atoms with Crippen molar-refractivity contribution in [2.24, 2.45) is 5.92 Å². The van der Waals surface area contributed by atoms with E-state index in [9.17, 15) is 0 Å². The molecule has 0 saturated heterocycles. The van der Waals surface area contributed by atoms with E-state index < -0.39 is 0 Å². The highest BCUT2D eigenvalue weighted by Crippen LogP contribution is 2.05. The fraction of sp³-hybridized carbons (Fsp3) is 0.667. The lowest BCUT2D eigenvalue weighted by Gasteiger charge is -2.12. The van der Waals surface area contributed by atoms with Gasteiger partial charge in [-0.05, 0) is 19.4 Å². The van der Waals surface area contributed by atoms with Gasteiger partial charge >= 0.3 is 0 Å². The van der Waals surface area contributed by atoms with Crippen LogP contribution in [-0.2, 0) is 6.54 Å². The van der Waals surface area contributed by atoms with Gasteiger partial charge in [0, 0.05) is 18.9 Å². The fourth-order valence-electron chi connectivity index (χ4n) is 1.49. The highest BCUT2D eigenvalue weighted by molar-refractivity contribution is 5.00. The molecule has 0 spiro atoms. The Kier molecular flexibility index (Phi) is 5.26. The van der Waals surface area contributed by atoms with E-state index in [0.29, 0.717) is 0 Å². The SMILES string of the molecule is CCC(CC)CNCc1cnc(C)cn1. The minimum absolute atomic E-state index is 0.781. The first kappa shape index (κ1) is 12.1. The Labute approximate surface area is 92.3 Å². The first-order valence-electron chi connectivity index (χ1n) is 5.74. The molecule has 3 heteroatoms. The predicted molar refractivity (Wildman–Crippen MR) is 62.5 cm³/mol. The van der Waals surface area contributed by atoms with E-state index in [0.717, 1.165) is 30.4 Å². The maximum absolute atomic E-state index is 4.30. The van der Waals surface area contributed by atoms with E-state index in [1.807, 2.05) is 19.3 Å². The standard InChI is InChI=1S/C12H21N3/c1-4-11(5-2)7-13-8-12-9-14-10(3)6-15-12/h6,9,11,13H,4-5,7-8H2,1-3H3. The third-order valence-electron chi connectivity index (χ3n) is 2.73. The van der Waals surface area contributed by atoms with Crippen LogP contribution in [-0.4, -0.2) is 16.5 Å². The van der Waals surface area contributed by atoms with Crippen LogP contribution in [0.15, 0.2) is 12.4 Å². The zero-order valence-corrected chi connectivity index (χ0v) is 9.95. The highest BCUT2D eigenvalue weighted by atomic mass is 14.9. The molecule has 1 heterocycles. The number of aryl methyl sites for hydroxylation is 1. The van der Waals surface area contributed by atoms with Gasteiger partial charge in [-0.2, -0.15) is 0 Å². The number of rotatable bonds is 6. The van der Waals surface area contributed by atoms with Crippen LogP contribution in [0.4, 0.5) is 0 Å². The number of aromatic nitrogens is 2. The summed E-state index contributed by atoms with van der Waals surface area (Å²) in [7, 11) is 0. The summed E-state index contributed by atoms with van der Waals surface area (Å²) in [5, 5.41) is 3.42. The van der Waals surface area contributed by atoms with Gasteiger partial charge < -0.3 is 5.32 Å². The number of hydrogen-bond acceptors (Lipinski definition) is 3. The molecule has 0 fully saturated rings. The quantitative estimate of drug-likeness (QED) is 0.778. The summed E-state index contributed by atoms with van der Waals surface area (Å²) in [6, 6.07) is 0. The Morgan fingerprint density at radius 3 is 2.47 bits per heavy atom. The van der Waals surface area contributed by atoms with Crippen LogP contribution in [0.3, 0.4) is 0 Å². The van der Waals surface area contributed by atoms with E-state index in [4.69, 9.17) is 0 Å². The van der Waals surface area contributed by atoms with Crippen molar-refractivity contribution < 1.29 is 0 Å². The van der Waals surface area contributed by atoms with Gasteiger partial charge in [0.15, 0.2) is 0 Å². The first-order valence-corrected chi connectivity index (χ1v) is 5.74. The zero-order chi connectivity index (χ0) is 11.1. The molecule has 1 N–H and O–H groups in total. The van der Waals surface area contributed by atoms with Crippen molar-refractivity contribution in [1.82, 2.24) is 15.3 Å². The summed E-state index contributed by atoms with van der Waals surface area (Å²) in [6.45, 7) is 8.32. The van der Waals surface area contributed by atoms with Gasteiger partial charge in [-0.15, -0.1) is 0 Å². The lowest BCUT2D eigenvalue weighted by Crippen LogP contribution is -2.22. The molecule has 0 unspecified atom stereocenters. The summed E-state index contributed by atoms with van der Waals surface area (Å²) in [6.07, 6.45) is 6.13. The topological polar surface area (TPSA) is 37.8 Å². The molecular formula is C12H21N3. The van der Waals surface area contributed by atoms with Crippen LogP contribution in [0, 0.1) is 12.8 Å². The van der Waals surface area contributed by atoms with Crippen LogP contribution >= 0.6 is 0 Å². The minimum Gasteiger partial charge on any atom is -0.311 e. The molecule has 3 nitrogen and oxygen atoms in total. The van der Waals surface area contributed by atoms with E-state index >= 15 is 0 Å². The molecule has 0 bridgehead atoms. The van der Waals surface area contributed by atoms with Crippen molar-refractivity contribution in [3.63, 3.8) is 0 Å². The number of nitrogens with one attached hydrogen (secondary N) is 1. The second-order valence-corrected chi connectivity index (χ2v) is 3.96. The smallest absolute Gasteiger partial charge is 0.0724 e. The van der Waals surface area contributed by atoms with Gasteiger partial charge in [0.2, 0.25) is 0 Å². The molecule has 0 amide bonds. The van der Waals surface area contributed by atoms with E-state index in [2.05, 4.69) is 29.1 Å².